The number of rotatable bonds is 9. The third-order valence-corrected chi connectivity index (χ3v) is 2.96. The van der Waals surface area contributed by atoms with E-state index < -0.39 is 55.0 Å². The van der Waals surface area contributed by atoms with E-state index in [2.05, 4.69) is 16.0 Å². The first-order chi connectivity index (χ1) is 10.6. The first-order valence-corrected chi connectivity index (χ1v) is 7.06. The van der Waals surface area contributed by atoms with Crippen LogP contribution < -0.4 is 21.7 Å². The summed E-state index contributed by atoms with van der Waals surface area (Å²) < 4.78 is 0. The highest BCUT2D eigenvalue weighted by molar-refractivity contribution is 5.92. The molecule has 0 saturated carbocycles. The minimum atomic E-state index is -1.17. The molecule has 0 rings (SSSR count). The van der Waals surface area contributed by atoms with Gasteiger partial charge in [-0.3, -0.25) is 14.4 Å². The molecular formula is C13H24N4O6. The number of aliphatic hydroxyl groups excluding tert-OH is 1. The zero-order valence-electron chi connectivity index (χ0n) is 13.3. The highest BCUT2D eigenvalue weighted by Crippen LogP contribution is 2.01. The molecule has 132 valence electrons. The topological polar surface area (TPSA) is 171 Å². The Morgan fingerprint density at radius 1 is 1.04 bits per heavy atom. The number of carboxylic acid groups (broad SMARTS) is 1. The molecule has 3 amide bonds. The van der Waals surface area contributed by atoms with E-state index in [0.717, 1.165) is 0 Å². The maximum atomic E-state index is 11.7. The van der Waals surface area contributed by atoms with Crippen molar-refractivity contribution >= 4 is 23.7 Å². The molecular weight excluding hydrogens is 308 g/mol. The van der Waals surface area contributed by atoms with Crippen molar-refractivity contribution in [3.63, 3.8) is 0 Å². The Labute approximate surface area is 133 Å². The van der Waals surface area contributed by atoms with Crippen molar-refractivity contribution in [2.75, 3.05) is 13.2 Å². The number of nitrogens with two attached hydrogens (primary N) is 1. The minimum Gasteiger partial charge on any atom is -0.480 e. The SMILES string of the molecule is CC(NC(=O)C(N)CO)C(=O)NCC(=O)NC(C(=O)O)C(C)C. The number of hydrogen-bond donors (Lipinski definition) is 6. The molecule has 3 atom stereocenters. The molecule has 0 aliphatic carbocycles. The fourth-order valence-electron chi connectivity index (χ4n) is 1.53. The van der Waals surface area contributed by atoms with E-state index >= 15 is 0 Å². The lowest BCUT2D eigenvalue weighted by atomic mass is 10.1. The second kappa shape index (κ2) is 9.74. The average Bonchev–Trinajstić information content (AvgIpc) is 2.48. The van der Waals surface area contributed by atoms with Crippen LogP contribution in [0.2, 0.25) is 0 Å². The molecule has 0 aliphatic heterocycles. The first-order valence-electron chi connectivity index (χ1n) is 7.06. The van der Waals surface area contributed by atoms with E-state index in [9.17, 15) is 19.2 Å². The molecule has 0 aromatic carbocycles. The fraction of sp³-hybridized carbons (Fsp3) is 0.692. The zero-order chi connectivity index (χ0) is 18.2. The lowest BCUT2D eigenvalue weighted by molar-refractivity contribution is -0.143. The van der Waals surface area contributed by atoms with Gasteiger partial charge in [0.25, 0.3) is 0 Å². The van der Waals surface area contributed by atoms with Crippen molar-refractivity contribution in [2.24, 2.45) is 11.7 Å². The number of nitrogens with one attached hydrogen (secondary N) is 3. The predicted octanol–water partition coefficient (Wildman–Crippen LogP) is -2.85. The van der Waals surface area contributed by atoms with Crippen LogP contribution in [0.3, 0.4) is 0 Å². The molecule has 10 heteroatoms. The third-order valence-electron chi connectivity index (χ3n) is 2.96. The molecule has 23 heavy (non-hydrogen) atoms. The van der Waals surface area contributed by atoms with Gasteiger partial charge in [-0.05, 0) is 12.8 Å². The Hall–Kier alpha value is -2.20. The van der Waals surface area contributed by atoms with Gasteiger partial charge in [0.05, 0.1) is 13.2 Å². The van der Waals surface area contributed by atoms with E-state index in [1.807, 2.05) is 0 Å². The van der Waals surface area contributed by atoms with Crippen LogP contribution >= 0.6 is 0 Å². The van der Waals surface area contributed by atoms with E-state index in [0.29, 0.717) is 0 Å². The zero-order valence-corrected chi connectivity index (χ0v) is 13.3. The molecule has 7 N–H and O–H groups in total. The van der Waals surface area contributed by atoms with Gasteiger partial charge in [0.1, 0.15) is 18.1 Å². The van der Waals surface area contributed by atoms with Crippen LogP contribution in [0.25, 0.3) is 0 Å². The van der Waals surface area contributed by atoms with E-state index in [-0.39, 0.29) is 5.92 Å². The average molecular weight is 332 g/mol. The van der Waals surface area contributed by atoms with Crippen molar-refractivity contribution in [3.8, 4) is 0 Å². The second-order valence-corrected chi connectivity index (χ2v) is 5.36. The molecule has 0 spiro atoms. The normalized spacial score (nSPS) is 14.5. The van der Waals surface area contributed by atoms with Crippen LogP contribution in [-0.4, -0.2) is 65.2 Å². The lowest BCUT2D eigenvalue weighted by Crippen LogP contribution is -2.53. The van der Waals surface area contributed by atoms with Crippen molar-refractivity contribution < 1.29 is 29.4 Å². The van der Waals surface area contributed by atoms with E-state index in [1.54, 1.807) is 13.8 Å². The van der Waals surface area contributed by atoms with Crippen LogP contribution in [0, 0.1) is 5.92 Å². The van der Waals surface area contributed by atoms with Crippen molar-refractivity contribution in [1.82, 2.24) is 16.0 Å². The predicted molar refractivity (Wildman–Crippen MR) is 80.1 cm³/mol. The monoisotopic (exact) mass is 332 g/mol. The number of amides is 3. The Morgan fingerprint density at radius 2 is 1.61 bits per heavy atom. The Bertz CT molecular complexity index is 454. The number of carbonyl (C=O) groups excluding carboxylic acids is 3. The summed E-state index contributed by atoms with van der Waals surface area (Å²) in [5.41, 5.74) is 5.29. The summed E-state index contributed by atoms with van der Waals surface area (Å²) >= 11 is 0. The van der Waals surface area contributed by atoms with Crippen molar-refractivity contribution in [2.45, 2.75) is 38.9 Å². The standard InChI is InChI=1S/C13H24N4O6/c1-6(2)10(13(22)23)17-9(19)4-15-11(20)7(3)16-12(21)8(14)5-18/h6-8,10,18H,4-5,14H2,1-3H3,(H,15,20)(H,16,21)(H,17,19)(H,22,23). The molecule has 0 heterocycles. The van der Waals surface area contributed by atoms with Gasteiger partial charge in [-0.2, -0.15) is 0 Å². The third kappa shape index (κ3) is 7.56. The van der Waals surface area contributed by atoms with Crippen LogP contribution in [0.1, 0.15) is 20.8 Å². The van der Waals surface area contributed by atoms with Crippen LogP contribution in [0.5, 0.6) is 0 Å². The van der Waals surface area contributed by atoms with Crippen molar-refractivity contribution in [1.29, 1.82) is 0 Å². The van der Waals surface area contributed by atoms with Gasteiger partial charge in [-0.25, -0.2) is 4.79 Å². The quantitative estimate of drug-likeness (QED) is 0.264. The number of carboxylic acids is 1. The Balaban J connectivity index is 4.34. The van der Waals surface area contributed by atoms with Gasteiger partial charge < -0.3 is 31.9 Å². The summed E-state index contributed by atoms with van der Waals surface area (Å²) in [6.07, 6.45) is 0. The van der Waals surface area contributed by atoms with Gasteiger partial charge in [0, 0.05) is 0 Å². The van der Waals surface area contributed by atoms with E-state index in [1.165, 1.54) is 6.92 Å². The number of aliphatic carboxylic acids is 1. The smallest absolute Gasteiger partial charge is 0.326 e. The maximum Gasteiger partial charge on any atom is 0.326 e. The molecule has 0 saturated heterocycles. The van der Waals surface area contributed by atoms with Crippen LogP contribution in [-0.2, 0) is 19.2 Å². The summed E-state index contributed by atoms with van der Waals surface area (Å²) in [6, 6.07) is -3.16. The molecule has 0 aromatic rings. The van der Waals surface area contributed by atoms with Gasteiger partial charge in [0.15, 0.2) is 0 Å². The largest absolute Gasteiger partial charge is 0.480 e. The maximum absolute atomic E-state index is 11.7. The number of carbonyl (C=O) groups is 4. The Kier molecular flexibility index (Phi) is 8.81. The van der Waals surface area contributed by atoms with E-state index in [4.69, 9.17) is 15.9 Å². The molecule has 10 nitrogen and oxygen atoms in total. The highest BCUT2D eigenvalue weighted by atomic mass is 16.4. The first kappa shape index (κ1) is 20.8. The van der Waals surface area contributed by atoms with Gasteiger partial charge in [0.2, 0.25) is 17.7 Å². The lowest BCUT2D eigenvalue weighted by Gasteiger charge is -2.19. The fourth-order valence-corrected chi connectivity index (χ4v) is 1.53. The minimum absolute atomic E-state index is 0.315. The van der Waals surface area contributed by atoms with Gasteiger partial charge in [-0.1, -0.05) is 13.8 Å². The molecule has 3 unspecified atom stereocenters. The Morgan fingerprint density at radius 3 is 2.04 bits per heavy atom. The summed E-state index contributed by atoms with van der Waals surface area (Å²) in [5.74, 6) is -3.49. The van der Waals surface area contributed by atoms with Crippen LogP contribution in [0.15, 0.2) is 0 Å². The second-order valence-electron chi connectivity index (χ2n) is 5.36. The molecule has 0 bridgehead atoms. The molecule has 0 aromatic heterocycles. The molecule has 0 aliphatic rings. The highest BCUT2D eigenvalue weighted by Gasteiger charge is 2.24. The number of hydrogen-bond acceptors (Lipinski definition) is 6. The summed E-state index contributed by atoms with van der Waals surface area (Å²) in [5, 5.41) is 24.5. The summed E-state index contributed by atoms with van der Waals surface area (Å²) in [6.45, 7) is 3.67. The molecule has 0 fully saturated rings. The summed E-state index contributed by atoms with van der Waals surface area (Å²) in [4.78, 5) is 45.7. The van der Waals surface area contributed by atoms with Gasteiger partial charge in [-0.15, -0.1) is 0 Å². The molecule has 0 radical (unpaired) electrons. The van der Waals surface area contributed by atoms with Crippen molar-refractivity contribution in [3.05, 3.63) is 0 Å². The number of aliphatic hydroxyl groups is 1. The van der Waals surface area contributed by atoms with Gasteiger partial charge >= 0.3 is 5.97 Å². The summed E-state index contributed by atoms with van der Waals surface area (Å²) in [7, 11) is 0. The van der Waals surface area contributed by atoms with Crippen LogP contribution in [0.4, 0.5) is 0 Å².